The zero-order valence-electron chi connectivity index (χ0n) is 11.9. The Bertz CT molecular complexity index is 512. The van der Waals surface area contributed by atoms with Crippen molar-refractivity contribution in [1.82, 2.24) is 4.90 Å². The molecule has 7 heteroatoms. The van der Waals surface area contributed by atoms with Crippen LogP contribution in [0.5, 0.6) is 0 Å². The van der Waals surface area contributed by atoms with Gasteiger partial charge in [-0.2, -0.15) is 21.9 Å². The monoisotopic (exact) mass is 319 g/mol. The fraction of sp³-hybridized carbons (Fsp3) is 0.462. The molecule has 0 radical (unpaired) electrons. The average Bonchev–Trinajstić information content (AvgIpc) is 2.37. The van der Waals surface area contributed by atoms with E-state index in [1.165, 1.54) is 0 Å². The molecule has 114 valence electrons. The first-order valence-corrected chi connectivity index (χ1v) is 7.92. The van der Waals surface area contributed by atoms with Crippen molar-refractivity contribution < 1.29 is 17.4 Å². The van der Waals surface area contributed by atoms with Crippen LogP contribution in [0.2, 0.25) is 0 Å². The van der Waals surface area contributed by atoms with E-state index in [0.29, 0.717) is 18.7 Å². The number of carbonyl (C=O) groups excluding carboxylic acids is 1. The van der Waals surface area contributed by atoms with Crippen LogP contribution in [0.1, 0.15) is 25.5 Å². The zero-order valence-corrected chi connectivity index (χ0v) is 13.7. The van der Waals surface area contributed by atoms with Crippen LogP contribution in [0, 0.1) is 0 Å². The molecule has 0 aromatic heterocycles. The molecule has 0 spiro atoms. The van der Waals surface area contributed by atoms with E-state index in [1.54, 1.807) is 35.2 Å². The fourth-order valence-corrected chi connectivity index (χ4v) is 2.29. The van der Waals surface area contributed by atoms with Gasteiger partial charge in [-0.05, 0) is 19.4 Å². The van der Waals surface area contributed by atoms with Crippen molar-refractivity contribution in [2.24, 2.45) is 0 Å². The number of amides is 1. The van der Waals surface area contributed by atoms with Crippen molar-refractivity contribution in [2.75, 3.05) is 19.3 Å². The third-order valence-corrected chi connectivity index (χ3v) is 3.21. The quantitative estimate of drug-likeness (QED) is 0.749. The summed E-state index contributed by atoms with van der Waals surface area (Å²) in [4.78, 5) is 13.9. The molecule has 1 aromatic rings. The highest BCUT2D eigenvalue weighted by atomic mass is 32.2. The molecular formula is C13H21NO4S2. The predicted molar refractivity (Wildman–Crippen MR) is 83.4 cm³/mol. The molecule has 0 heterocycles. The summed E-state index contributed by atoms with van der Waals surface area (Å²) in [5.74, 6) is -0.346. The maximum atomic E-state index is 12.3. The molecule has 0 unspecified atom stereocenters. The summed E-state index contributed by atoms with van der Waals surface area (Å²) in [6.45, 7) is 4.69. The Kier molecular flexibility index (Phi) is 7.85. The molecular weight excluding hydrogens is 298 g/mol. The fourth-order valence-electron chi connectivity index (χ4n) is 1.74. The van der Waals surface area contributed by atoms with Gasteiger partial charge in [-0.3, -0.25) is 8.98 Å². The molecule has 1 amide bonds. The van der Waals surface area contributed by atoms with Crippen LogP contribution in [0.25, 0.3) is 0 Å². The molecule has 0 aliphatic rings. The van der Waals surface area contributed by atoms with Crippen molar-refractivity contribution in [3.63, 3.8) is 0 Å². The summed E-state index contributed by atoms with van der Waals surface area (Å²) >= 11 is 0. The van der Waals surface area contributed by atoms with Gasteiger partial charge in [0.05, 0.1) is 6.26 Å². The van der Waals surface area contributed by atoms with Gasteiger partial charge in [-0.1, -0.05) is 30.3 Å². The molecule has 0 saturated carbocycles. The van der Waals surface area contributed by atoms with Crippen LogP contribution < -0.4 is 0 Å². The van der Waals surface area contributed by atoms with Crippen LogP contribution in [-0.4, -0.2) is 38.6 Å². The summed E-state index contributed by atoms with van der Waals surface area (Å²) in [5, 5.41) is 0. The lowest BCUT2D eigenvalue weighted by molar-refractivity contribution is -0.138. The maximum Gasteiger partial charge on any atom is 0.265 e. The lowest BCUT2D eigenvalue weighted by atomic mass is 10.1. The third kappa shape index (κ3) is 5.52. The normalized spacial score (nSPS) is 12.3. The molecule has 20 heavy (non-hydrogen) atoms. The van der Waals surface area contributed by atoms with Gasteiger partial charge < -0.3 is 4.90 Å². The molecule has 0 N–H and O–H groups in total. The molecule has 0 aliphatic carbocycles. The summed E-state index contributed by atoms with van der Waals surface area (Å²) in [6, 6.07) is 8.63. The first kappa shape index (κ1) is 18.9. The standard InChI is InChI=1S/C13H19NO4S.H2S/c1-4-14(5-2)13(15)12(18-19(3,16)17)11-9-7-6-8-10-11;/h6-10,12H,4-5H2,1-3H3;1H2/t12-;/m0./s1. The minimum Gasteiger partial charge on any atom is -0.341 e. The number of carbonyl (C=O) groups is 1. The summed E-state index contributed by atoms with van der Waals surface area (Å²) in [7, 11) is -3.71. The van der Waals surface area contributed by atoms with E-state index in [-0.39, 0.29) is 19.4 Å². The Morgan fingerprint density at radius 1 is 1.20 bits per heavy atom. The minimum atomic E-state index is -3.71. The minimum absolute atomic E-state index is 0. The van der Waals surface area contributed by atoms with Gasteiger partial charge in [-0.15, -0.1) is 0 Å². The highest BCUT2D eigenvalue weighted by molar-refractivity contribution is 7.86. The van der Waals surface area contributed by atoms with E-state index in [4.69, 9.17) is 4.18 Å². The van der Waals surface area contributed by atoms with Gasteiger partial charge in [0.25, 0.3) is 16.0 Å². The van der Waals surface area contributed by atoms with Gasteiger partial charge in [0.1, 0.15) is 0 Å². The number of likely N-dealkylation sites (N-methyl/N-ethyl adjacent to an activating group) is 1. The van der Waals surface area contributed by atoms with Gasteiger partial charge in [0.2, 0.25) is 0 Å². The van der Waals surface area contributed by atoms with E-state index in [2.05, 4.69) is 0 Å². The molecule has 1 rings (SSSR count). The van der Waals surface area contributed by atoms with Crippen LogP contribution in [0.4, 0.5) is 0 Å². The molecule has 0 bridgehead atoms. The second kappa shape index (κ2) is 8.28. The Balaban J connectivity index is 0.00000361. The highest BCUT2D eigenvalue weighted by Gasteiger charge is 2.28. The highest BCUT2D eigenvalue weighted by Crippen LogP contribution is 2.22. The summed E-state index contributed by atoms with van der Waals surface area (Å²) < 4.78 is 27.6. The SMILES string of the molecule is CCN(CC)C(=O)[C@@H](OS(C)(=O)=O)c1ccccc1.S. The van der Waals surface area contributed by atoms with Gasteiger partial charge in [-0.25, -0.2) is 0 Å². The van der Waals surface area contributed by atoms with E-state index in [0.717, 1.165) is 6.26 Å². The van der Waals surface area contributed by atoms with Crippen LogP contribution in [0.15, 0.2) is 30.3 Å². The first-order valence-electron chi connectivity index (χ1n) is 6.11. The van der Waals surface area contributed by atoms with Crippen LogP contribution in [-0.2, 0) is 19.1 Å². The van der Waals surface area contributed by atoms with Crippen molar-refractivity contribution in [3.05, 3.63) is 35.9 Å². The van der Waals surface area contributed by atoms with Crippen molar-refractivity contribution in [2.45, 2.75) is 20.0 Å². The summed E-state index contributed by atoms with van der Waals surface area (Å²) in [5.41, 5.74) is 0.532. The van der Waals surface area contributed by atoms with Gasteiger partial charge in [0.15, 0.2) is 6.10 Å². The molecule has 1 atom stereocenters. The second-order valence-electron chi connectivity index (χ2n) is 4.10. The summed E-state index contributed by atoms with van der Waals surface area (Å²) in [6.07, 6.45) is -0.172. The molecule has 0 fully saturated rings. The van der Waals surface area contributed by atoms with E-state index < -0.39 is 16.2 Å². The van der Waals surface area contributed by atoms with Crippen LogP contribution >= 0.6 is 13.5 Å². The molecule has 0 aliphatic heterocycles. The van der Waals surface area contributed by atoms with E-state index in [1.807, 2.05) is 13.8 Å². The number of benzene rings is 1. The number of hydrogen-bond acceptors (Lipinski definition) is 4. The molecule has 1 aromatic carbocycles. The largest absolute Gasteiger partial charge is 0.341 e. The zero-order chi connectivity index (χ0) is 14.5. The molecule has 5 nitrogen and oxygen atoms in total. The first-order chi connectivity index (χ1) is 8.89. The third-order valence-electron chi connectivity index (χ3n) is 2.67. The smallest absolute Gasteiger partial charge is 0.265 e. The van der Waals surface area contributed by atoms with Gasteiger partial charge >= 0.3 is 0 Å². The Labute approximate surface area is 127 Å². The Morgan fingerprint density at radius 3 is 2.10 bits per heavy atom. The number of hydrogen-bond donors (Lipinski definition) is 0. The Morgan fingerprint density at radius 2 is 1.70 bits per heavy atom. The maximum absolute atomic E-state index is 12.3. The predicted octanol–water partition coefficient (Wildman–Crippen LogP) is 1.69. The lowest BCUT2D eigenvalue weighted by Gasteiger charge is -2.24. The average molecular weight is 319 g/mol. The van der Waals surface area contributed by atoms with E-state index in [9.17, 15) is 13.2 Å². The van der Waals surface area contributed by atoms with Crippen molar-refractivity contribution in [1.29, 1.82) is 0 Å². The number of nitrogens with zero attached hydrogens (tertiary/aromatic N) is 1. The lowest BCUT2D eigenvalue weighted by Crippen LogP contribution is -2.36. The topological polar surface area (TPSA) is 63.7 Å². The van der Waals surface area contributed by atoms with E-state index >= 15 is 0 Å². The van der Waals surface area contributed by atoms with Crippen molar-refractivity contribution >= 4 is 29.5 Å². The second-order valence-corrected chi connectivity index (χ2v) is 5.70. The van der Waals surface area contributed by atoms with Crippen molar-refractivity contribution in [3.8, 4) is 0 Å². The number of rotatable bonds is 6. The van der Waals surface area contributed by atoms with Gasteiger partial charge in [0, 0.05) is 13.1 Å². The molecule has 0 saturated heterocycles. The van der Waals surface area contributed by atoms with Crippen LogP contribution in [0.3, 0.4) is 0 Å². The Hall–Kier alpha value is -1.05.